The number of esters is 2. The van der Waals surface area contributed by atoms with Crippen LogP contribution in [0.5, 0.6) is 0 Å². The van der Waals surface area contributed by atoms with Gasteiger partial charge in [-0.25, -0.2) is 9.59 Å². The molecule has 8 heteroatoms. The number of allylic oxidation sites excluding steroid dienone is 3. The number of fused-ring (bicyclic) bond motifs is 2. The Bertz CT molecular complexity index is 1330. The maximum Gasteiger partial charge on any atom is 0.333 e. The van der Waals surface area contributed by atoms with Gasteiger partial charge in [0.15, 0.2) is 0 Å². The molecule has 0 aromatic rings. The maximum absolute atomic E-state index is 13.1. The van der Waals surface area contributed by atoms with Crippen molar-refractivity contribution in [3.05, 3.63) is 36.0 Å². The van der Waals surface area contributed by atoms with E-state index in [-0.39, 0.29) is 46.6 Å². The van der Waals surface area contributed by atoms with Crippen molar-refractivity contribution in [2.24, 2.45) is 50.2 Å². The van der Waals surface area contributed by atoms with E-state index in [0.29, 0.717) is 36.8 Å². The van der Waals surface area contributed by atoms with E-state index in [2.05, 4.69) is 34.3 Å². The quantitative estimate of drug-likeness (QED) is 0.120. The lowest BCUT2D eigenvalue weighted by molar-refractivity contribution is -0.278. The van der Waals surface area contributed by atoms with E-state index in [4.69, 9.17) is 9.47 Å². The molecule has 4 saturated carbocycles. The minimum Gasteiger partial charge on any atom is -0.462 e. The number of hydrogen-bond acceptors (Lipinski definition) is 8. The molecule has 0 bridgehead atoms. The summed E-state index contributed by atoms with van der Waals surface area (Å²) < 4.78 is 11.9. The molecule has 4 N–H and O–H groups in total. The maximum atomic E-state index is 13.1. The molecule has 0 amide bonds. The Balaban J connectivity index is 1.75. The molecule has 0 aromatic carbocycles. The normalized spacial score (nSPS) is 45.5. The molecule has 4 aliphatic carbocycles. The number of carbonyl (C=O) groups is 2. The second-order valence-corrected chi connectivity index (χ2v) is 18.1. The van der Waals surface area contributed by atoms with Crippen LogP contribution in [0.1, 0.15) is 121 Å². The summed E-state index contributed by atoms with van der Waals surface area (Å²) in [7, 11) is 0. The van der Waals surface area contributed by atoms with Gasteiger partial charge in [-0.1, -0.05) is 59.8 Å². The van der Waals surface area contributed by atoms with Crippen molar-refractivity contribution < 1.29 is 39.5 Å². The van der Waals surface area contributed by atoms with Crippen LogP contribution in [0.25, 0.3) is 0 Å². The van der Waals surface area contributed by atoms with Gasteiger partial charge in [0.1, 0.15) is 6.10 Å². The highest BCUT2D eigenvalue weighted by Crippen LogP contribution is 2.73. The Morgan fingerprint density at radius 2 is 1.47 bits per heavy atom. The minimum atomic E-state index is -1.20. The Kier molecular flexibility index (Phi) is 11.2. The Morgan fingerprint density at radius 3 is 2.04 bits per heavy atom. The summed E-state index contributed by atoms with van der Waals surface area (Å²) in [6.07, 6.45) is 7.22. The van der Waals surface area contributed by atoms with Gasteiger partial charge >= 0.3 is 11.9 Å². The topological polar surface area (TPSA) is 134 Å². The van der Waals surface area contributed by atoms with E-state index in [1.165, 1.54) is 0 Å². The third kappa shape index (κ3) is 6.18. The Morgan fingerprint density at radius 1 is 0.857 bits per heavy atom. The van der Waals surface area contributed by atoms with Crippen molar-refractivity contribution in [1.82, 2.24) is 0 Å². The predicted molar refractivity (Wildman–Crippen MR) is 191 cm³/mol. The molecule has 8 nitrogen and oxygen atoms in total. The summed E-state index contributed by atoms with van der Waals surface area (Å²) in [5, 5.41) is 46.7. The first kappa shape index (κ1) is 39.8. The fraction of sp³-hybridized carbons (Fsp3) is 0.805. The van der Waals surface area contributed by atoms with Crippen molar-refractivity contribution in [3.63, 3.8) is 0 Å². The number of ether oxygens (including phenoxy) is 2. The highest BCUT2D eigenvalue weighted by molar-refractivity contribution is 5.88. The highest BCUT2D eigenvalue weighted by atomic mass is 16.6. The zero-order chi connectivity index (χ0) is 37.0. The van der Waals surface area contributed by atoms with Crippen LogP contribution in [-0.4, -0.2) is 70.0 Å². The van der Waals surface area contributed by atoms with Crippen LogP contribution < -0.4 is 0 Å². The van der Waals surface area contributed by atoms with E-state index in [0.717, 1.165) is 25.7 Å². The number of carbonyl (C=O) groups excluding carboxylic acids is 2. The molecule has 12 atom stereocenters. The second kappa shape index (κ2) is 13.9. The van der Waals surface area contributed by atoms with Gasteiger partial charge in [-0.05, 0) is 118 Å². The fourth-order valence-electron chi connectivity index (χ4n) is 11.6. The summed E-state index contributed by atoms with van der Waals surface area (Å²) >= 11 is 0. The SMILES string of the molecule is C=CCC1[C@@]2(C)CC[C@H](O)[C@](C)(COC(=O)C(C)=CC)C2CC[C@@]1(C)[C@@]1(C)CC2CC(C)(C)[C@@H](O)[C@H](OC(=O)C(C)=CC)[C@]2(CO)[C@H](O)C1. The summed E-state index contributed by atoms with van der Waals surface area (Å²) in [6, 6.07) is 0. The van der Waals surface area contributed by atoms with Crippen LogP contribution >= 0.6 is 0 Å². The van der Waals surface area contributed by atoms with E-state index >= 15 is 0 Å². The number of aliphatic hydroxyl groups excluding tert-OH is 4. The van der Waals surface area contributed by atoms with Gasteiger partial charge in [0.25, 0.3) is 0 Å². The lowest BCUT2D eigenvalue weighted by Gasteiger charge is -2.70. The molecule has 4 fully saturated rings. The molecular weight excluding hydrogens is 620 g/mol. The van der Waals surface area contributed by atoms with Gasteiger partial charge in [0.2, 0.25) is 0 Å². The van der Waals surface area contributed by atoms with Crippen molar-refractivity contribution >= 4 is 11.9 Å². The molecular formula is C41H66O8. The molecule has 278 valence electrons. The summed E-state index contributed by atoms with van der Waals surface area (Å²) in [5.74, 6) is -0.866. The largest absolute Gasteiger partial charge is 0.462 e. The molecule has 0 heterocycles. The minimum absolute atomic E-state index is 0.0940. The van der Waals surface area contributed by atoms with Gasteiger partial charge < -0.3 is 29.9 Å². The molecule has 0 aliphatic heterocycles. The van der Waals surface area contributed by atoms with Crippen LogP contribution in [0.3, 0.4) is 0 Å². The highest BCUT2D eigenvalue weighted by Gasteiger charge is 2.70. The smallest absolute Gasteiger partial charge is 0.333 e. The van der Waals surface area contributed by atoms with Crippen LogP contribution in [0.2, 0.25) is 0 Å². The van der Waals surface area contributed by atoms with Gasteiger partial charge in [0.05, 0.1) is 36.9 Å². The van der Waals surface area contributed by atoms with Crippen molar-refractivity contribution in [1.29, 1.82) is 0 Å². The molecule has 0 saturated heterocycles. The average Bonchev–Trinajstić information content (AvgIpc) is 3.04. The van der Waals surface area contributed by atoms with Crippen molar-refractivity contribution in [2.75, 3.05) is 13.2 Å². The Hall–Kier alpha value is -2.00. The first-order valence-electron chi connectivity index (χ1n) is 18.6. The molecule has 4 aliphatic rings. The first-order chi connectivity index (χ1) is 22.7. The first-order valence-corrected chi connectivity index (χ1v) is 18.6. The van der Waals surface area contributed by atoms with Gasteiger partial charge in [-0.3, -0.25) is 0 Å². The third-order valence-electron chi connectivity index (χ3n) is 15.3. The zero-order valence-corrected chi connectivity index (χ0v) is 32.0. The third-order valence-corrected chi connectivity index (χ3v) is 15.3. The second-order valence-electron chi connectivity index (χ2n) is 18.1. The molecule has 0 aromatic heterocycles. The zero-order valence-electron chi connectivity index (χ0n) is 32.0. The van der Waals surface area contributed by atoms with Crippen LogP contribution in [0.15, 0.2) is 36.0 Å². The van der Waals surface area contributed by atoms with Crippen molar-refractivity contribution in [3.8, 4) is 0 Å². The number of aliphatic hydroxyl groups is 4. The van der Waals surface area contributed by atoms with E-state index in [1.54, 1.807) is 32.9 Å². The van der Waals surface area contributed by atoms with Crippen molar-refractivity contribution in [2.45, 2.75) is 145 Å². The lowest BCUT2D eigenvalue weighted by atomic mass is 9.35. The van der Waals surface area contributed by atoms with E-state index in [9.17, 15) is 30.0 Å². The monoisotopic (exact) mass is 686 g/mol. The summed E-state index contributed by atoms with van der Waals surface area (Å²) in [4.78, 5) is 25.9. The molecule has 49 heavy (non-hydrogen) atoms. The average molecular weight is 687 g/mol. The Labute approximate surface area is 295 Å². The number of hydrogen-bond donors (Lipinski definition) is 4. The number of rotatable bonds is 9. The van der Waals surface area contributed by atoms with Gasteiger partial charge in [-0.2, -0.15) is 0 Å². The molecule has 3 unspecified atom stereocenters. The molecule has 0 spiro atoms. The molecule has 0 radical (unpaired) electrons. The van der Waals surface area contributed by atoms with Crippen LogP contribution in [0.4, 0.5) is 0 Å². The summed E-state index contributed by atoms with van der Waals surface area (Å²) in [5.41, 5.74) is -2.32. The standard InChI is InChI=1S/C41H66O8/c1-12-15-29-38(9)18-17-30(43)39(10,24-48-34(46)25(4)13-2)28(38)16-19-40(29,11)37(8)21-27-20-36(6,7)32(45)33(49-35(47)26(5)14-3)41(27,23-42)31(44)22-37/h12-14,27-33,42-45H,1,15-24H2,2-11H3/t27?,28?,29?,30-,31+,32-,33-,37-,38-,39+,40+,41-/m0/s1. The van der Waals surface area contributed by atoms with Gasteiger partial charge in [-0.15, -0.1) is 6.58 Å². The van der Waals surface area contributed by atoms with E-state index in [1.807, 2.05) is 26.8 Å². The summed E-state index contributed by atoms with van der Waals surface area (Å²) in [6.45, 7) is 24.0. The predicted octanol–water partition coefficient (Wildman–Crippen LogP) is 6.70. The molecule has 4 rings (SSSR count). The van der Waals surface area contributed by atoms with Crippen LogP contribution in [-0.2, 0) is 19.1 Å². The fourth-order valence-corrected chi connectivity index (χ4v) is 11.6. The lowest BCUT2D eigenvalue weighted by Crippen LogP contribution is -2.71. The van der Waals surface area contributed by atoms with Crippen LogP contribution in [0, 0.1) is 50.2 Å². The van der Waals surface area contributed by atoms with E-state index < -0.39 is 53.2 Å². The van der Waals surface area contributed by atoms with Gasteiger partial charge in [0, 0.05) is 16.6 Å².